The van der Waals surface area contributed by atoms with Crippen LogP contribution in [0.3, 0.4) is 0 Å². The average molecular weight is 1620 g/mol. The molecule has 0 radical (unpaired) electrons. The van der Waals surface area contributed by atoms with E-state index in [1.807, 2.05) is 74.4 Å². The van der Waals surface area contributed by atoms with Crippen LogP contribution in [0.5, 0.6) is 0 Å². The molecule has 22 N–H and O–H groups in total. The van der Waals surface area contributed by atoms with Gasteiger partial charge in [-0.3, -0.25) is 76.7 Å². The molecule has 0 heterocycles. The van der Waals surface area contributed by atoms with Gasteiger partial charge in [-0.2, -0.15) is 16.8 Å². The van der Waals surface area contributed by atoms with E-state index in [2.05, 4.69) is 42.5 Å². The topological polar surface area (TPSA) is 635 Å². The SMILES string of the molecule is CC(C)C(C(=O)O)N(C)C.CC(CO)N(C)C.CCC(NC)C(=O)O.CN(C)C(C)(C)C(=O)O.CN(C)C1(C(=O)O)CC1.CN(C)CS(=O)(=O)O.CNC(C(=O)O)C(C)C.CNC(C(=O)O)C(C)C.CNC(C(=O)O)C(C)O.CNC(C)(C)C(=O)O.CNC(C)C(=O)O.CNC1(C(=O)O)CC1.CNCS(=O)(=O)O. The highest BCUT2D eigenvalue weighted by Gasteiger charge is 2.52. The molecule has 8 atom stereocenters. The number of carboxylic acid groups (broad SMARTS) is 10. The predicted molar refractivity (Wildman–Crippen MR) is 414 cm³/mol. The fourth-order valence-corrected chi connectivity index (χ4v) is 7.44. The van der Waals surface area contributed by atoms with Crippen molar-refractivity contribution in [2.24, 2.45) is 17.8 Å². The Morgan fingerprint density at radius 3 is 0.843 bits per heavy atom. The van der Waals surface area contributed by atoms with Gasteiger partial charge >= 0.3 is 59.7 Å². The van der Waals surface area contributed by atoms with Crippen LogP contribution in [0.15, 0.2) is 0 Å². The number of aliphatic hydroxyl groups is 2. The average Bonchev–Trinajstić information content (AvgIpc) is 1.64. The first-order chi connectivity index (χ1) is 48.5. The maximum Gasteiger partial charge on any atom is 0.324 e. The smallest absolute Gasteiger partial charge is 0.324 e. The Morgan fingerprint density at radius 2 is 0.843 bits per heavy atom. The highest BCUT2D eigenvalue weighted by atomic mass is 32.2. The van der Waals surface area contributed by atoms with Crippen LogP contribution in [0, 0.1) is 17.8 Å². The molecule has 0 aromatic rings. The Bertz CT molecular complexity index is 2570. The van der Waals surface area contributed by atoms with E-state index < -0.39 is 132 Å². The summed E-state index contributed by atoms with van der Waals surface area (Å²) in [7, 11) is 22.9. The van der Waals surface area contributed by atoms with Crippen LogP contribution in [-0.4, -0.2) is 387 Å². The molecule has 2 aliphatic rings. The molecule has 2 saturated carbocycles. The van der Waals surface area contributed by atoms with E-state index in [9.17, 15) is 64.8 Å². The zero-order chi connectivity index (χ0) is 89.3. The van der Waals surface area contributed by atoms with Crippen LogP contribution >= 0.6 is 0 Å². The van der Waals surface area contributed by atoms with Crippen molar-refractivity contribution in [3.8, 4) is 0 Å². The van der Waals surface area contributed by atoms with Crippen molar-refractivity contribution >= 4 is 79.9 Å². The number of hydrogen-bond donors (Lipinski definition) is 22. The highest BCUT2D eigenvalue weighted by Crippen LogP contribution is 2.40. The van der Waals surface area contributed by atoms with E-state index in [0.717, 1.165) is 25.7 Å². The first-order valence-electron chi connectivity index (χ1n) is 33.7. The molecule has 0 amide bonds. The summed E-state index contributed by atoms with van der Waals surface area (Å²) >= 11 is 0. The van der Waals surface area contributed by atoms with Crippen LogP contribution in [0.4, 0.5) is 0 Å². The molecule has 2 fully saturated rings. The number of aliphatic carboxylic acids is 10. The summed E-state index contributed by atoms with van der Waals surface area (Å²) in [4.78, 5) is 111. The Hall–Kier alpha value is -6.08. The van der Waals surface area contributed by atoms with Crippen LogP contribution in [0.1, 0.15) is 129 Å². The Morgan fingerprint density at radius 1 is 0.472 bits per heavy atom. The van der Waals surface area contributed by atoms with E-state index in [-0.39, 0.29) is 48.2 Å². The second-order valence-corrected chi connectivity index (χ2v) is 30.0. The second-order valence-electron chi connectivity index (χ2n) is 27.1. The number of nitrogens with zero attached hydrogens (tertiary/aromatic N) is 5. The molecule has 41 nitrogen and oxygen atoms in total. The minimum atomic E-state index is -3.80. The van der Waals surface area contributed by atoms with Gasteiger partial charge in [0.2, 0.25) is 0 Å². The van der Waals surface area contributed by atoms with Crippen molar-refractivity contribution in [3.63, 3.8) is 0 Å². The van der Waals surface area contributed by atoms with Crippen molar-refractivity contribution in [1.82, 2.24) is 67.0 Å². The molecular weight excluding hydrogens is 1470 g/mol. The summed E-state index contributed by atoms with van der Waals surface area (Å²) in [6.45, 7) is 24.9. The van der Waals surface area contributed by atoms with Gasteiger partial charge in [-0.05, 0) is 225 Å². The predicted octanol–water partition coefficient (Wildman–Crippen LogP) is -1.08. The van der Waals surface area contributed by atoms with Crippen LogP contribution < -0.4 is 42.5 Å². The van der Waals surface area contributed by atoms with Crippen LogP contribution in [-0.2, 0) is 68.2 Å². The zero-order valence-electron chi connectivity index (χ0n) is 70.0. The lowest BCUT2D eigenvalue weighted by molar-refractivity contribution is -0.148. The highest BCUT2D eigenvalue weighted by molar-refractivity contribution is 7.85. The summed E-state index contributed by atoms with van der Waals surface area (Å²) in [6, 6.07) is -2.56. The minimum Gasteiger partial charge on any atom is -0.480 e. The summed E-state index contributed by atoms with van der Waals surface area (Å²) in [6.07, 6.45) is 2.93. The quantitative estimate of drug-likeness (QED) is 0.0367. The molecule has 0 spiro atoms. The molecular formula is C65H145N13O28S2. The maximum absolute atomic E-state index is 10.5. The van der Waals surface area contributed by atoms with E-state index in [0.29, 0.717) is 12.5 Å². The molecule has 0 aliphatic heterocycles. The number of rotatable bonds is 31. The number of carboxylic acids is 10. The summed E-state index contributed by atoms with van der Waals surface area (Å²) < 4.78 is 55.4. The largest absolute Gasteiger partial charge is 0.480 e. The zero-order valence-corrected chi connectivity index (χ0v) is 71.7. The molecule has 650 valence electrons. The van der Waals surface area contributed by atoms with E-state index in [4.69, 9.17) is 70.4 Å². The number of aliphatic hydroxyl groups excluding tert-OH is 2. The van der Waals surface area contributed by atoms with Crippen LogP contribution in [0.2, 0.25) is 0 Å². The third kappa shape index (κ3) is 71.5. The van der Waals surface area contributed by atoms with Crippen molar-refractivity contribution in [1.29, 1.82) is 0 Å². The van der Waals surface area contributed by atoms with Crippen molar-refractivity contribution in [2.75, 3.05) is 145 Å². The third-order valence-electron chi connectivity index (χ3n) is 15.2. The van der Waals surface area contributed by atoms with E-state index in [1.54, 1.807) is 148 Å². The van der Waals surface area contributed by atoms with Crippen molar-refractivity contribution in [2.45, 2.75) is 200 Å². The molecule has 0 aromatic heterocycles. The molecule has 0 bridgehead atoms. The Labute approximate surface area is 642 Å². The first kappa shape index (κ1) is 126. The monoisotopic (exact) mass is 1620 g/mol. The lowest BCUT2D eigenvalue weighted by atomic mass is 10.0. The van der Waals surface area contributed by atoms with Gasteiger partial charge in [0.05, 0.1) is 12.7 Å². The molecule has 8 unspecified atom stereocenters. The van der Waals surface area contributed by atoms with Crippen LogP contribution in [0.25, 0.3) is 0 Å². The van der Waals surface area contributed by atoms with Gasteiger partial charge in [0.25, 0.3) is 20.2 Å². The Kier molecular flexibility index (Phi) is 76.3. The van der Waals surface area contributed by atoms with Gasteiger partial charge in [-0.1, -0.05) is 48.5 Å². The number of hydrogen-bond acceptors (Lipinski definition) is 29. The fourth-order valence-electron chi connectivity index (χ4n) is 6.42. The Balaban J connectivity index is -0.000000105. The lowest BCUT2D eigenvalue weighted by Gasteiger charge is -2.27. The molecule has 108 heavy (non-hydrogen) atoms. The first-order valence-corrected chi connectivity index (χ1v) is 36.9. The fraction of sp³-hybridized carbons (Fsp3) is 0.846. The number of carbonyl (C=O) groups is 10. The minimum absolute atomic E-state index is 0.146. The van der Waals surface area contributed by atoms with Gasteiger partial charge in [-0.25, -0.2) is 0 Å². The maximum atomic E-state index is 10.5. The lowest BCUT2D eigenvalue weighted by Crippen LogP contribution is -2.45. The van der Waals surface area contributed by atoms with Gasteiger partial charge in [0.15, 0.2) is 0 Å². The van der Waals surface area contributed by atoms with E-state index >= 15 is 0 Å². The molecule has 2 aliphatic carbocycles. The molecule has 43 heteroatoms. The molecule has 0 aromatic carbocycles. The van der Waals surface area contributed by atoms with Crippen molar-refractivity contribution in [3.05, 3.63) is 0 Å². The van der Waals surface area contributed by atoms with Gasteiger partial charge < -0.3 is 109 Å². The third-order valence-corrected chi connectivity index (χ3v) is 16.7. The van der Waals surface area contributed by atoms with Crippen molar-refractivity contribution < 1.29 is 135 Å². The van der Waals surface area contributed by atoms with Gasteiger partial charge in [-0.15, -0.1) is 0 Å². The summed E-state index contributed by atoms with van der Waals surface area (Å²) in [5.41, 5.74) is -2.58. The summed E-state index contributed by atoms with van der Waals surface area (Å²) in [5.74, 6) is -8.24. The molecule has 0 saturated heterocycles. The van der Waals surface area contributed by atoms with Gasteiger partial charge in [0, 0.05) is 6.04 Å². The molecule has 2 rings (SSSR count). The van der Waals surface area contributed by atoms with E-state index in [1.165, 1.54) is 25.9 Å². The van der Waals surface area contributed by atoms with Gasteiger partial charge in [0.1, 0.15) is 70.2 Å². The normalized spacial score (nSPS) is 14.9. The number of nitrogens with one attached hydrogen (secondary N) is 8. The second kappa shape index (κ2) is 65.6. The standard InChI is InChI=1S/C7H15NO2.C6H11NO2.3C6H13NO2.C5H11NO3.C5H9NO2.2C5H11NO2.C5H13NO.C4H9NO2.C3H9NO3S.C2H7NO3S/c1-5(2)6(7(9)10)8(3)4;1-7(2)6(3-4-6)5(8)9;1-6(2,5(8)9)7(3)4;2*1-4(2)5(7-3)6(8)9;1-3(7)4(6-2)5(8)9;1-6-5(2-3-5)4(7)8;1-5(2,6-3)4(7)8;1-3-4(6-2)5(7)8;1-5(4-7)6(2)3;1-3(5-2)4(6)7;1-4(2)3-8(5,6)7;1-3-2-7(4,5)6/h5-6H,1-4H3,(H,9,10);3-4H2,1-2H3,(H,8,9);1-4H3,(H,8,9);2*4-5,7H,1-3H3,(H,8,9);3-4,6-7H,1-2H3,(H,8,9);6H,2-3H2,1H3,(H,7,8);6H,1-3H3,(H,7,8);4,6H,3H2,1-2H3,(H,7,8);5,7H,4H2,1-3H3;3,5H,1-2H3,(H,6,7);3H2,1-2H3,(H,5,6,7);3H,2H2,1H3,(H,4,5,6). The summed E-state index contributed by atoms with van der Waals surface area (Å²) in [5, 5.41) is 122. The number of likely N-dealkylation sites (N-methyl/N-ethyl adjacent to an activating group) is 11.